The highest BCUT2D eigenvalue weighted by molar-refractivity contribution is 5.98. The second-order valence-electron chi connectivity index (χ2n) is 10.0. The average molecular weight is 538 g/mol. The maximum atomic E-state index is 13.3. The molecule has 0 bridgehead atoms. The summed E-state index contributed by atoms with van der Waals surface area (Å²) in [5.41, 5.74) is 0.771. The fraction of sp³-hybridized carbons (Fsp3) is 0.448. The van der Waals surface area contributed by atoms with Gasteiger partial charge >= 0.3 is 5.97 Å². The van der Waals surface area contributed by atoms with Crippen LogP contribution in [0, 0.1) is 5.41 Å². The number of rotatable bonds is 8. The fourth-order valence-electron chi connectivity index (χ4n) is 5.36. The van der Waals surface area contributed by atoms with Crippen LogP contribution in [0.1, 0.15) is 46.4 Å². The third-order valence-corrected chi connectivity index (χ3v) is 7.75. The van der Waals surface area contributed by atoms with E-state index in [1.807, 2.05) is 4.90 Å². The molecule has 2 aromatic rings. The monoisotopic (exact) mass is 537 g/mol. The average Bonchev–Trinajstić information content (AvgIpc) is 3.39. The lowest BCUT2D eigenvalue weighted by molar-refractivity contribution is -0.146. The second kappa shape index (κ2) is 12.2. The van der Waals surface area contributed by atoms with Gasteiger partial charge in [0.1, 0.15) is 17.5 Å². The van der Waals surface area contributed by atoms with Crippen LogP contribution in [-0.4, -0.2) is 87.0 Å². The van der Waals surface area contributed by atoms with Crippen LogP contribution in [0.3, 0.4) is 0 Å². The Bertz CT molecular complexity index is 1210. The highest BCUT2D eigenvalue weighted by Gasteiger charge is 2.43. The molecule has 2 fully saturated rings. The van der Waals surface area contributed by atoms with E-state index in [1.165, 1.54) is 14.2 Å². The summed E-state index contributed by atoms with van der Waals surface area (Å²) in [6, 6.07) is 12.6. The number of ether oxygens (including phenoxy) is 3. The van der Waals surface area contributed by atoms with Crippen molar-refractivity contribution < 1.29 is 33.4 Å². The van der Waals surface area contributed by atoms with E-state index in [0.717, 1.165) is 19.3 Å². The first kappa shape index (κ1) is 27.9. The Morgan fingerprint density at radius 1 is 0.897 bits per heavy atom. The number of likely N-dealkylation sites (tertiary alicyclic amines) is 2. The standard InChI is InChI=1S/C29H35N3O7/c1-37-21-9-10-24(38-2)22(17-21)27(35)31-14-11-29(12-15-31)13-16-32(19-29)25(33)18-23(28(36)39-3)30-26(34)20-7-5-4-6-8-20/h4-10,17,23H,11-16,18-19H2,1-3H3,(H,30,34). The van der Waals surface area contributed by atoms with Crippen molar-refractivity contribution in [2.45, 2.75) is 31.7 Å². The normalized spacial score (nSPS) is 16.9. The number of methoxy groups -OCH3 is 3. The van der Waals surface area contributed by atoms with E-state index < -0.39 is 17.9 Å². The Kier molecular flexibility index (Phi) is 8.73. The third-order valence-electron chi connectivity index (χ3n) is 7.75. The minimum absolute atomic E-state index is 0.0844. The Balaban J connectivity index is 1.35. The summed E-state index contributed by atoms with van der Waals surface area (Å²) >= 11 is 0. The van der Waals surface area contributed by atoms with Gasteiger partial charge in [0.25, 0.3) is 11.8 Å². The van der Waals surface area contributed by atoms with Gasteiger partial charge in [-0.3, -0.25) is 14.4 Å². The first-order chi connectivity index (χ1) is 18.8. The number of hydrogen-bond acceptors (Lipinski definition) is 7. The van der Waals surface area contributed by atoms with Gasteiger partial charge in [-0.15, -0.1) is 0 Å². The molecule has 2 heterocycles. The fourth-order valence-corrected chi connectivity index (χ4v) is 5.36. The molecule has 0 saturated carbocycles. The molecule has 2 saturated heterocycles. The maximum absolute atomic E-state index is 13.3. The molecular formula is C29H35N3O7. The highest BCUT2D eigenvalue weighted by atomic mass is 16.5. The number of carbonyl (C=O) groups is 4. The van der Waals surface area contributed by atoms with Crippen LogP contribution >= 0.6 is 0 Å². The summed E-state index contributed by atoms with van der Waals surface area (Å²) in [6.07, 6.45) is 2.17. The predicted octanol–water partition coefficient (Wildman–Crippen LogP) is 2.52. The lowest BCUT2D eigenvalue weighted by Gasteiger charge is -2.39. The van der Waals surface area contributed by atoms with Crippen molar-refractivity contribution in [2.24, 2.45) is 5.41 Å². The highest BCUT2D eigenvalue weighted by Crippen LogP contribution is 2.41. The Hall–Kier alpha value is -4.08. The molecule has 39 heavy (non-hydrogen) atoms. The van der Waals surface area contributed by atoms with E-state index in [9.17, 15) is 19.2 Å². The zero-order valence-electron chi connectivity index (χ0n) is 22.6. The van der Waals surface area contributed by atoms with Gasteiger partial charge in [-0.05, 0) is 55.0 Å². The molecule has 1 unspecified atom stereocenters. The molecule has 0 aromatic heterocycles. The van der Waals surface area contributed by atoms with Crippen molar-refractivity contribution in [3.05, 3.63) is 59.7 Å². The molecule has 2 aliphatic rings. The summed E-state index contributed by atoms with van der Waals surface area (Å²) in [5.74, 6) is -0.347. The van der Waals surface area contributed by atoms with E-state index >= 15 is 0 Å². The van der Waals surface area contributed by atoms with Gasteiger partial charge < -0.3 is 29.3 Å². The molecule has 10 nitrogen and oxygen atoms in total. The smallest absolute Gasteiger partial charge is 0.328 e. The molecule has 2 aromatic carbocycles. The van der Waals surface area contributed by atoms with Gasteiger partial charge in [0.05, 0.1) is 33.3 Å². The van der Waals surface area contributed by atoms with E-state index in [2.05, 4.69) is 5.32 Å². The first-order valence-electron chi connectivity index (χ1n) is 13.0. The van der Waals surface area contributed by atoms with Crippen molar-refractivity contribution in [3.63, 3.8) is 0 Å². The Morgan fingerprint density at radius 3 is 2.18 bits per heavy atom. The molecule has 0 aliphatic carbocycles. The van der Waals surface area contributed by atoms with Crippen LogP contribution in [0.4, 0.5) is 0 Å². The molecule has 10 heteroatoms. The second-order valence-corrected chi connectivity index (χ2v) is 10.0. The summed E-state index contributed by atoms with van der Waals surface area (Å²) in [5, 5.41) is 2.64. The van der Waals surface area contributed by atoms with Crippen LogP contribution in [0.5, 0.6) is 11.5 Å². The van der Waals surface area contributed by atoms with Gasteiger partial charge in [-0.25, -0.2) is 4.79 Å². The number of hydrogen-bond donors (Lipinski definition) is 1. The zero-order valence-corrected chi connectivity index (χ0v) is 22.6. The van der Waals surface area contributed by atoms with Gasteiger partial charge in [0.15, 0.2) is 0 Å². The van der Waals surface area contributed by atoms with E-state index in [-0.39, 0.29) is 23.7 Å². The van der Waals surface area contributed by atoms with Crippen molar-refractivity contribution in [2.75, 3.05) is 47.5 Å². The molecule has 208 valence electrons. The van der Waals surface area contributed by atoms with Gasteiger partial charge in [-0.1, -0.05) is 18.2 Å². The van der Waals surface area contributed by atoms with Crippen LogP contribution in [0.2, 0.25) is 0 Å². The number of benzene rings is 2. The summed E-state index contributed by atoms with van der Waals surface area (Å²) in [6.45, 7) is 2.26. The van der Waals surface area contributed by atoms with Crippen molar-refractivity contribution in [1.82, 2.24) is 15.1 Å². The van der Waals surface area contributed by atoms with Crippen molar-refractivity contribution in [3.8, 4) is 11.5 Å². The van der Waals surface area contributed by atoms with Gasteiger partial charge in [0.2, 0.25) is 5.91 Å². The molecule has 1 N–H and O–H groups in total. The number of nitrogens with zero attached hydrogens (tertiary/aromatic N) is 2. The van der Waals surface area contributed by atoms with Gasteiger partial charge in [0, 0.05) is 31.7 Å². The third kappa shape index (κ3) is 6.32. The SMILES string of the molecule is COC(=O)C(CC(=O)N1CCC2(CCN(C(=O)c3cc(OC)ccc3OC)CC2)C1)NC(=O)c1ccccc1. The number of carbonyl (C=O) groups excluding carboxylic acids is 4. The molecule has 4 rings (SSSR count). The number of nitrogens with one attached hydrogen (secondary N) is 1. The largest absolute Gasteiger partial charge is 0.497 e. The molecular weight excluding hydrogens is 502 g/mol. The molecule has 3 amide bonds. The first-order valence-corrected chi connectivity index (χ1v) is 13.0. The van der Waals surface area contributed by atoms with E-state index in [0.29, 0.717) is 48.8 Å². The quantitative estimate of drug-likeness (QED) is 0.515. The minimum Gasteiger partial charge on any atom is -0.497 e. The lowest BCUT2D eigenvalue weighted by atomic mass is 9.77. The number of piperidine rings is 1. The minimum atomic E-state index is -1.08. The molecule has 0 radical (unpaired) electrons. The molecule has 2 aliphatic heterocycles. The predicted molar refractivity (Wildman–Crippen MR) is 143 cm³/mol. The van der Waals surface area contributed by atoms with Crippen molar-refractivity contribution >= 4 is 23.7 Å². The maximum Gasteiger partial charge on any atom is 0.328 e. The van der Waals surface area contributed by atoms with Gasteiger partial charge in [-0.2, -0.15) is 0 Å². The topological polar surface area (TPSA) is 114 Å². The summed E-state index contributed by atoms with van der Waals surface area (Å²) in [7, 11) is 4.32. The Labute approximate surface area is 228 Å². The van der Waals surface area contributed by atoms with E-state index in [1.54, 1.807) is 60.5 Å². The molecule has 1 atom stereocenters. The van der Waals surface area contributed by atoms with Crippen molar-refractivity contribution in [1.29, 1.82) is 0 Å². The Morgan fingerprint density at radius 2 is 1.56 bits per heavy atom. The van der Waals surface area contributed by atoms with Crippen LogP contribution in [0.15, 0.2) is 48.5 Å². The van der Waals surface area contributed by atoms with Crippen LogP contribution < -0.4 is 14.8 Å². The van der Waals surface area contributed by atoms with Crippen LogP contribution in [0.25, 0.3) is 0 Å². The number of esters is 1. The number of amides is 3. The zero-order chi connectivity index (χ0) is 28.0. The molecule has 1 spiro atoms. The summed E-state index contributed by atoms with van der Waals surface area (Å²) < 4.78 is 15.5. The summed E-state index contributed by atoms with van der Waals surface area (Å²) in [4.78, 5) is 55.0. The van der Waals surface area contributed by atoms with Crippen LogP contribution in [-0.2, 0) is 14.3 Å². The van der Waals surface area contributed by atoms with E-state index in [4.69, 9.17) is 14.2 Å². The lowest BCUT2D eigenvalue weighted by Crippen LogP contribution is -2.47.